The first-order chi connectivity index (χ1) is 13.0. The number of halogens is 1. The number of nitrogens with one attached hydrogen (secondary N) is 1. The van der Waals surface area contributed by atoms with Crippen molar-refractivity contribution in [2.24, 2.45) is 5.92 Å². The van der Waals surface area contributed by atoms with E-state index in [9.17, 15) is 18.8 Å². The Balaban J connectivity index is 1.68. The second-order valence-electron chi connectivity index (χ2n) is 6.19. The molecule has 1 unspecified atom stereocenters. The van der Waals surface area contributed by atoms with Crippen molar-refractivity contribution < 1.29 is 18.7 Å². The number of carbonyl (C=O) groups excluding carboxylic acids is 2. The fraction of sp³-hybridized carbons (Fsp3) is 0.316. The van der Waals surface area contributed by atoms with Crippen LogP contribution in [0.5, 0.6) is 0 Å². The van der Waals surface area contributed by atoms with E-state index in [1.165, 1.54) is 33.9 Å². The highest BCUT2D eigenvalue weighted by Crippen LogP contribution is 2.22. The number of hydrogen-bond acceptors (Lipinski definition) is 4. The van der Waals surface area contributed by atoms with Gasteiger partial charge in [0.05, 0.1) is 23.9 Å². The molecule has 1 aliphatic rings. The van der Waals surface area contributed by atoms with Gasteiger partial charge in [0.15, 0.2) is 0 Å². The number of carbonyl (C=O) groups is 2. The second-order valence-corrected chi connectivity index (χ2v) is 6.19. The largest absolute Gasteiger partial charge is 0.450 e. The molecule has 8 heteroatoms. The van der Waals surface area contributed by atoms with Gasteiger partial charge in [0.25, 0.3) is 5.56 Å². The summed E-state index contributed by atoms with van der Waals surface area (Å²) in [7, 11) is 0. The lowest BCUT2D eigenvalue weighted by atomic mass is 10.1. The molecule has 0 spiro atoms. The Bertz CT molecular complexity index is 912. The summed E-state index contributed by atoms with van der Waals surface area (Å²) in [6, 6.07) is 8.81. The number of aromatic nitrogens is 1. The van der Waals surface area contributed by atoms with Crippen LogP contribution >= 0.6 is 0 Å². The maximum Gasteiger partial charge on any atom is 0.409 e. The SMILES string of the molecule is CCOC(=O)N1CCC(C(=O)Nc2ccc(-n3ccccc3=O)cc2F)C1. The third-order valence-electron chi connectivity index (χ3n) is 4.40. The van der Waals surface area contributed by atoms with Gasteiger partial charge in [-0.1, -0.05) is 6.07 Å². The van der Waals surface area contributed by atoms with E-state index < -0.39 is 17.8 Å². The standard InChI is InChI=1S/C19H20FN3O4/c1-2-27-19(26)22-10-8-13(12-22)18(25)21-16-7-6-14(11-15(16)20)23-9-4-3-5-17(23)24/h3-7,9,11,13H,2,8,10,12H2,1H3,(H,21,25). The molecular formula is C19H20FN3O4. The molecule has 1 aliphatic heterocycles. The molecule has 0 saturated carbocycles. The van der Waals surface area contributed by atoms with Crippen molar-refractivity contribution in [1.82, 2.24) is 9.47 Å². The number of anilines is 1. The number of ether oxygens (including phenoxy) is 1. The maximum atomic E-state index is 14.4. The van der Waals surface area contributed by atoms with Crippen molar-refractivity contribution >= 4 is 17.7 Å². The first-order valence-corrected chi connectivity index (χ1v) is 8.69. The Morgan fingerprint density at radius 1 is 1.30 bits per heavy atom. The summed E-state index contributed by atoms with van der Waals surface area (Å²) in [6.45, 7) is 2.65. The van der Waals surface area contributed by atoms with Crippen LogP contribution in [0.1, 0.15) is 13.3 Å². The van der Waals surface area contributed by atoms with Gasteiger partial charge in [-0.2, -0.15) is 0 Å². The van der Waals surface area contributed by atoms with E-state index in [0.29, 0.717) is 18.7 Å². The normalized spacial score (nSPS) is 16.2. The smallest absolute Gasteiger partial charge is 0.409 e. The fourth-order valence-corrected chi connectivity index (χ4v) is 2.99. The number of rotatable bonds is 4. The minimum absolute atomic E-state index is 0.0299. The van der Waals surface area contributed by atoms with E-state index in [2.05, 4.69) is 5.32 Å². The highest BCUT2D eigenvalue weighted by molar-refractivity contribution is 5.93. The molecule has 27 heavy (non-hydrogen) atoms. The summed E-state index contributed by atoms with van der Waals surface area (Å²) in [5.41, 5.74) is 0.117. The van der Waals surface area contributed by atoms with Crippen LogP contribution in [0.25, 0.3) is 5.69 Å². The summed E-state index contributed by atoms with van der Waals surface area (Å²) in [4.78, 5) is 37.4. The van der Waals surface area contributed by atoms with Gasteiger partial charge in [0, 0.05) is 31.4 Å². The van der Waals surface area contributed by atoms with E-state index in [4.69, 9.17) is 4.74 Å². The van der Waals surface area contributed by atoms with Gasteiger partial charge >= 0.3 is 6.09 Å². The van der Waals surface area contributed by atoms with Crippen molar-refractivity contribution in [3.05, 3.63) is 58.8 Å². The van der Waals surface area contributed by atoms with Crippen LogP contribution in [0.15, 0.2) is 47.4 Å². The third kappa shape index (κ3) is 4.16. The fourth-order valence-electron chi connectivity index (χ4n) is 2.99. The van der Waals surface area contributed by atoms with Crippen LogP contribution in [0.4, 0.5) is 14.9 Å². The van der Waals surface area contributed by atoms with Crippen molar-refractivity contribution in [2.45, 2.75) is 13.3 Å². The first kappa shape index (κ1) is 18.6. The summed E-state index contributed by atoms with van der Waals surface area (Å²) < 4.78 is 20.6. The molecule has 1 aromatic carbocycles. The number of amides is 2. The van der Waals surface area contributed by atoms with Gasteiger partial charge in [0.1, 0.15) is 5.82 Å². The predicted octanol–water partition coefficient (Wildman–Crippen LogP) is 2.39. The molecule has 2 heterocycles. The van der Waals surface area contributed by atoms with Crippen LogP contribution in [0, 0.1) is 11.7 Å². The highest BCUT2D eigenvalue weighted by Gasteiger charge is 2.32. The molecule has 142 valence electrons. The summed E-state index contributed by atoms with van der Waals surface area (Å²) >= 11 is 0. The zero-order valence-electron chi connectivity index (χ0n) is 14.9. The Kier molecular flexibility index (Phi) is 5.54. The van der Waals surface area contributed by atoms with Crippen LogP contribution in [0.2, 0.25) is 0 Å². The Morgan fingerprint density at radius 3 is 2.81 bits per heavy atom. The van der Waals surface area contributed by atoms with Gasteiger partial charge in [-0.25, -0.2) is 9.18 Å². The zero-order valence-corrected chi connectivity index (χ0v) is 14.9. The lowest BCUT2D eigenvalue weighted by molar-refractivity contribution is -0.119. The van der Waals surface area contributed by atoms with Crippen LogP contribution in [-0.2, 0) is 9.53 Å². The van der Waals surface area contributed by atoms with E-state index in [1.807, 2.05) is 0 Å². The number of likely N-dealkylation sites (tertiary alicyclic amines) is 1. The van der Waals surface area contributed by atoms with Crippen molar-refractivity contribution in [1.29, 1.82) is 0 Å². The van der Waals surface area contributed by atoms with Gasteiger partial charge in [0.2, 0.25) is 5.91 Å². The molecule has 0 aliphatic carbocycles. The minimum atomic E-state index is -0.642. The molecule has 2 aromatic rings. The molecule has 1 saturated heterocycles. The molecule has 1 aromatic heterocycles. The van der Waals surface area contributed by atoms with E-state index >= 15 is 0 Å². The molecular weight excluding hydrogens is 353 g/mol. The average Bonchev–Trinajstić information content (AvgIpc) is 3.14. The first-order valence-electron chi connectivity index (χ1n) is 8.69. The summed E-state index contributed by atoms with van der Waals surface area (Å²) in [5.74, 6) is -1.42. The molecule has 0 bridgehead atoms. The molecule has 1 N–H and O–H groups in total. The van der Waals surface area contributed by atoms with Crippen LogP contribution in [0.3, 0.4) is 0 Å². The second kappa shape index (κ2) is 8.03. The zero-order chi connectivity index (χ0) is 19.4. The van der Waals surface area contributed by atoms with E-state index in [0.717, 1.165) is 0 Å². The molecule has 1 atom stereocenters. The lowest BCUT2D eigenvalue weighted by Crippen LogP contribution is -2.32. The van der Waals surface area contributed by atoms with Gasteiger partial charge in [-0.15, -0.1) is 0 Å². The molecule has 0 radical (unpaired) electrons. The Morgan fingerprint density at radius 2 is 2.11 bits per heavy atom. The molecule has 3 rings (SSSR count). The van der Waals surface area contributed by atoms with Gasteiger partial charge < -0.3 is 15.0 Å². The quantitative estimate of drug-likeness (QED) is 0.892. The van der Waals surface area contributed by atoms with Crippen molar-refractivity contribution in [3.63, 3.8) is 0 Å². The Hall–Kier alpha value is -3.16. The summed E-state index contributed by atoms with van der Waals surface area (Å²) in [6.07, 6.45) is 1.58. The average molecular weight is 373 g/mol. The topological polar surface area (TPSA) is 80.6 Å². The van der Waals surface area contributed by atoms with Crippen molar-refractivity contribution in [2.75, 3.05) is 25.0 Å². The minimum Gasteiger partial charge on any atom is -0.450 e. The number of benzene rings is 1. The lowest BCUT2D eigenvalue weighted by Gasteiger charge is -2.16. The number of pyridine rings is 1. The Labute approximate surface area is 155 Å². The van der Waals surface area contributed by atoms with Crippen LogP contribution < -0.4 is 10.9 Å². The third-order valence-corrected chi connectivity index (χ3v) is 4.40. The summed E-state index contributed by atoms with van der Waals surface area (Å²) in [5, 5.41) is 2.56. The van der Waals surface area contributed by atoms with Gasteiger partial charge in [-0.05, 0) is 31.5 Å². The number of hydrogen-bond donors (Lipinski definition) is 1. The molecule has 2 amide bonds. The van der Waals surface area contributed by atoms with Crippen molar-refractivity contribution in [3.8, 4) is 5.69 Å². The van der Waals surface area contributed by atoms with E-state index in [-0.39, 0.29) is 30.3 Å². The molecule has 1 fully saturated rings. The van der Waals surface area contributed by atoms with Gasteiger partial charge in [-0.3, -0.25) is 14.2 Å². The molecule has 7 nitrogen and oxygen atoms in total. The monoisotopic (exact) mass is 373 g/mol. The van der Waals surface area contributed by atoms with Crippen LogP contribution in [-0.4, -0.2) is 41.2 Å². The van der Waals surface area contributed by atoms with E-state index in [1.54, 1.807) is 25.1 Å². The predicted molar refractivity (Wildman–Crippen MR) is 97.3 cm³/mol. The number of nitrogens with zero attached hydrogens (tertiary/aromatic N) is 2. The highest BCUT2D eigenvalue weighted by atomic mass is 19.1. The maximum absolute atomic E-state index is 14.4.